The molecule has 0 aliphatic rings. The van der Waals surface area contributed by atoms with Gasteiger partial charge in [-0.05, 0) is 18.9 Å². The lowest BCUT2D eigenvalue weighted by molar-refractivity contribution is -0.0114. The largest absolute Gasteiger partial charge is 0.379 e. The van der Waals surface area contributed by atoms with Gasteiger partial charge in [-0.3, -0.25) is 0 Å². The number of hydrogen-bond donors (Lipinski definition) is 1. The van der Waals surface area contributed by atoms with Crippen molar-refractivity contribution in [2.24, 2.45) is 5.41 Å². The smallest absolute Gasteiger partial charge is 0.0772 e. The summed E-state index contributed by atoms with van der Waals surface area (Å²) < 4.78 is 5.56. The molecule has 0 amide bonds. The minimum absolute atomic E-state index is 0.206. The van der Waals surface area contributed by atoms with E-state index in [1.165, 1.54) is 12.8 Å². The molecular formula is C11H25NO. The molecule has 80 valence electrons. The minimum atomic E-state index is 0.206. The Labute approximate surface area is 83.1 Å². The summed E-state index contributed by atoms with van der Waals surface area (Å²) in [7, 11) is 3.81. The summed E-state index contributed by atoms with van der Waals surface area (Å²) in [6.07, 6.45) is 2.66. The van der Waals surface area contributed by atoms with Crippen LogP contribution in [0.3, 0.4) is 0 Å². The average Bonchev–Trinajstić information content (AvgIpc) is 2.01. The van der Waals surface area contributed by atoms with E-state index < -0.39 is 0 Å². The third-order valence-electron chi connectivity index (χ3n) is 2.44. The lowest BCUT2D eigenvalue weighted by Crippen LogP contribution is -2.46. The minimum Gasteiger partial charge on any atom is -0.379 e. The summed E-state index contributed by atoms with van der Waals surface area (Å²) in [5.41, 5.74) is 0.206. The summed E-state index contributed by atoms with van der Waals surface area (Å²) in [6, 6.07) is 0.468. The fourth-order valence-electron chi connectivity index (χ4n) is 1.88. The van der Waals surface area contributed by atoms with Crippen LogP contribution in [0, 0.1) is 5.41 Å². The highest BCUT2D eigenvalue weighted by molar-refractivity contribution is 4.84. The third-order valence-corrected chi connectivity index (χ3v) is 2.44. The Hall–Kier alpha value is -0.0800. The molecule has 0 heterocycles. The van der Waals surface area contributed by atoms with Gasteiger partial charge in [0.05, 0.1) is 6.10 Å². The molecule has 0 aliphatic heterocycles. The van der Waals surface area contributed by atoms with Gasteiger partial charge >= 0.3 is 0 Å². The Morgan fingerprint density at radius 2 is 1.85 bits per heavy atom. The van der Waals surface area contributed by atoms with Crippen LogP contribution < -0.4 is 5.32 Å². The maximum Gasteiger partial charge on any atom is 0.0772 e. The first-order valence-electron chi connectivity index (χ1n) is 5.17. The maximum absolute atomic E-state index is 5.56. The summed E-state index contributed by atoms with van der Waals surface area (Å²) in [5.74, 6) is 0. The fraction of sp³-hybridized carbons (Fsp3) is 1.00. The van der Waals surface area contributed by atoms with Gasteiger partial charge in [0.1, 0.15) is 0 Å². The van der Waals surface area contributed by atoms with Gasteiger partial charge in [-0.25, -0.2) is 0 Å². The molecule has 0 aromatic rings. The Morgan fingerprint density at radius 1 is 1.31 bits per heavy atom. The molecule has 1 N–H and O–H groups in total. The second-order valence-electron chi connectivity index (χ2n) is 4.71. The van der Waals surface area contributed by atoms with Gasteiger partial charge in [-0.1, -0.05) is 34.1 Å². The van der Waals surface area contributed by atoms with E-state index >= 15 is 0 Å². The topological polar surface area (TPSA) is 21.3 Å². The highest BCUT2D eigenvalue weighted by Gasteiger charge is 2.30. The lowest BCUT2D eigenvalue weighted by Gasteiger charge is -2.35. The molecule has 0 rings (SSSR count). The summed E-state index contributed by atoms with van der Waals surface area (Å²) in [4.78, 5) is 0. The lowest BCUT2D eigenvalue weighted by atomic mass is 9.83. The number of methoxy groups -OCH3 is 1. The van der Waals surface area contributed by atoms with E-state index in [0.29, 0.717) is 6.04 Å². The number of hydrogen-bond acceptors (Lipinski definition) is 2. The molecule has 0 aromatic heterocycles. The highest BCUT2D eigenvalue weighted by atomic mass is 16.5. The van der Waals surface area contributed by atoms with Crippen LogP contribution in [0.4, 0.5) is 0 Å². The predicted molar refractivity (Wildman–Crippen MR) is 58.0 cm³/mol. The molecule has 0 aliphatic carbocycles. The first-order chi connectivity index (χ1) is 5.97. The third kappa shape index (κ3) is 4.10. The van der Waals surface area contributed by atoms with Crippen LogP contribution in [0.25, 0.3) is 0 Å². The number of rotatable bonds is 5. The van der Waals surface area contributed by atoms with Crippen LogP contribution >= 0.6 is 0 Å². The van der Waals surface area contributed by atoms with Crippen molar-refractivity contribution in [1.29, 1.82) is 0 Å². The monoisotopic (exact) mass is 187 g/mol. The van der Waals surface area contributed by atoms with Crippen molar-refractivity contribution in [1.82, 2.24) is 5.32 Å². The molecule has 2 nitrogen and oxygen atoms in total. The molecule has 13 heavy (non-hydrogen) atoms. The number of likely N-dealkylation sites (N-methyl/N-ethyl adjacent to an activating group) is 1. The van der Waals surface area contributed by atoms with Crippen molar-refractivity contribution in [3.8, 4) is 0 Å². The van der Waals surface area contributed by atoms with Gasteiger partial charge in [0.15, 0.2) is 0 Å². The van der Waals surface area contributed by atoms with Crippen LogP contribution in [-0.4, -0.2) is 26.3 Å². The van der Waals surface area contributed by atoms with E-state index in [0.717, 1.165) is 0 Å². The van der Waals surface area contributed by atoms with Crippen LogP contribution in [-0.2, 0) is 4.74 Å². The normalized spacial score (nSPS) is 17.1. The summed E-state index contributed by atoms with van der Waals surface area (Å²) in [6.45, 7) is 8.88. The first-order valence-corrected chi connectivity index (χ1v) is 5.17. The molecule has 2 unspecified atom stereocenters. The first kappa shape index (κ1) is 12.9. The van der Waals surface area contributed by atoms with Gasteiger partial charge in [-0.15, -0.1) is 0 Å². The Morgan fingerprint density at radius 3 is 2.08 bits per heavy atom. The molecule has 0 bridgehead atoms. The van der Waals surface area contributed by atoms with E-state index in [4.69, 9.17) is 4.74 Å². The van der Waals surface area contributed by atoms with Crippen LogP contribution in [0.2, 0.25) is 0 Å². The second kappa shape index (κ2) is 5.61. The molecule has 2 atom stereocenters. The molecule has 0 saturated carbocycles. The van der Waals surface area contributed by atoms with E-state index in [1.54, 1.807) is 7.11 Å². The van der Waals surface area contributed by atoms with Crippen molar-refractivity contribution in [3.63, 3.8) is 0 Å². The van der Waals surface area contributed by atoms with E-state index in [1.807, 2.05) is 7.05 Å². The maximum atomic E-state index is 5.56. The van der Waals surface area contributed by atoms with Gasteiger partial charge in [0.25, 0.3) is 0 Å². The fourth-order valence-corrected chi connectivity index (χ4v) is 1.88. The van der Waals surface area contributed by atoms with Crippen molar-refractivity contribution in [2.45, 2.75) is 52.7 Å². The second-order valence-corrected chi connectivity index (χ2v) is 4.71. The quantitative estimate of drug-likeness (QED) is 0.714. The Bertz CT molecular complexity index is 129. The predicted octanol–water partition coefficient (Wildman–Crippen LogP) is 2.44. The molecular weight excluding hydrogens is 162 g/mol. The van der Waals surface area contributed by atoms with E-state index in [9.17, 15) is 0 Å². The molecule has 0 radical (unpaired) electrons. The summed E-state index contributed by atoms with van der Waals surface area (Å²) in [5, 5.41) is 3.34. The molecule has 0 spiro atoms. The zero-order chi connectivity index (χ0) is 10.5. The number of nitrogens with one attached hydrogen (secondary N) is 1. The van der Waals surface area contributed by atoms with Crippen molar-refractivity contribution in [2.75, 3.05) is 14.2 Å². The molecule has 0 saturated heterocycles. The van der Waals surface area contributed by atoms with Crippen molar-refractivity contribution >= 4 is 0 Å². The zero-order valence-corrected chi connectivity index (χ0v) is 9.98. The van der Waals surface area contributed by atoms with Crippen LogP contribution in [0.1, 0.15) is 40.5 Å². The standard InChI is InChI=1S/C11H25NO/c1-7-8-9(12-5)10(13-6)11(2,3)4/h9-10,12H,7-8H2,1-6H3. The Balaban J connectivity index is 4.34. The molecule has 0 fully saturated rings. The Kier molecular flexibility index (Phi) is 5.57. The van der Waals surface area contributed by atoms with Gasteiger partial charge in [-0.2, -0.15) is 0 Å². The van der Waals surface area contributed by atoms with Crippen molar-refractivity contribution in [3.05, 3.63) is 0 Å². The average molecular weight is 187 g/mol. The molecule has 2 heteroatoms. The van der Waals surface area contributed by atoms with Gasteiger partial charge < -0.3 is 10.1 Å². The van der Waals surface area contributed by atoms with Crippen molar-refractivity contribution < 1.29 is 4.74 Å². The zero-order valence-electron chi connectivity index (χ0n) is 9.98. The van der Waals surface area contributed by atoms with E-state index in [2.05, 4.69) is 33.0 Å². The summed E-state index contributed by atoms with van der Waals surface area (Å²) >= 11 is 0. The molecule has 0 aromatic carbocycles. The number of ether oxygens (including phenoxy) is 1. The van der Waals surface area contributed by atoms with Gasteiger partial charge in [0, 0.05) is 13.2 Å². The van der Waals surface area contributed by atoms with Gasteiger partial charge in [0.2, 0.25) is 0 Å². The van der Waals surface area contributed by atoms with E-state index in [-0.39, 0.29) is 11.5 Å². The van der Waals surface area contributed by atoms with Crippen LogP contribution in [0.5, 0.6) is 0 Å². The van der Waals surface area contributed by atoms with Crippen LogP contribution in [0.15, 0.2) is 0 Å². The highest BCUT2D eigenvalue weighted by Crippen LogP contribution is 2.26. The SMILES string of the molecule is CCCC(NC)C(OC)C(C)(C)C.